The Bertz CT molecular complexity index is 800. The Hall–Kier alpha value is -2.46. The maximum absolute atomic E-state index is 12.7. The summed E-state index contributed by atoms with van der Waals surface area (Å²) >= 11 is 0. The van der Waals surface area contributed by atoms with E-state index in [0.29, 0.717) is 19.1 Å². The monoisotopic (exact) mass is 333 g/mol. The summed E-state index contributed by atoms with van der Waals surface area (Å²) in [6, 6.07) is 19.0. The summed E-state index contributed by atoms with van der Waals surface area (Å²) in [4.78, 5) is 14.8. The van der Waals surface area contributed by atoms with Crippen molar-refractivity contribution in [2.75, 3.05) is 20.1 Å². The van der Waals surface area contributed by atoms with E-state index in [9.17, 15) is 4.79 Å². The Kier molecular flexibility index (Phi) is 4.36. The van der Waals surface area contributed by atoms with Crippen LogP contribution in [-0.4, -0.2) is 41.7 Å². The van der Waals surface area contributed by atoms with Gasteiger partial charge in [0.05, 0.1) is 18.8 Å². The number of fused-ring (bicyclic) bond motifs is 1. The highest BCUT2D eigenvalue weighted by atomic mass is 16.2. The smallest absolute Gasteiger partial charge is 0.256 e. The summed E-state index contributed by atoms with van der Waals surface area (Å²) in [6.07, 6.45) is 3.01. The quantitative estimate of drug-likeness (QED) is 0.861. The molecule has 0 saturated carbocycles. The number of carbonyl (C=O) groups is 1. The van der Waals surface area contributed by atoms with Crippen molar-refractivity contribution in [1.82, 2.24) is 9.91 Å². The number of hydrazone groups is 1. The molecule has 0 N–H and O–H groups in total. The van der Waals surface area contributed by atoms with Gasteiger partial charge in [0.15, 0.2) is 0 Å². The molecule has 0 unspecified atom stereocenters. The summed E-state index contributed by atoms with van der Waals surface area (Å²) in [5.41, 5.74) is 4.89. The van der Waals surface area contributed by atoms with E-state index in [0.717, 1.165) is 30.5 Å². The normalized spacial score (nSPS) is 19.2. The van der Waals surface area contributed by atoms with Crippen molar-refractivity contribution in [1.29, 1.82) is 0 Å². The summed E-state index contributed by atoms with van der Waals surface area (Å²) in [5.74, 6) is 0.0813. The number of rotatable bonds is 4. The van der Waals surface area contributed by atoms with Gasteiger partial charge in [-0.25, -0.2) is 5.01 Å². The number of benzene rings is 2. The Labute approximate surface area is 148 Å². The van der Waals surface area contributed by atoms with Gasteiger partial charge in [-0.05, 0) is 36.6 Å². The molecule has 4 rings (SSSR count). The average molecular weight is 333 g/mol. The van der Waals surface area contributed by atoms with Gasteiger partial charge < -0.3 is 0 Å². The van der Waals surface area contributed by atoms with Gasteiger partial charge >= 0.3 is 0 Å². The van der Waals surface area contributed by atoms with E-state index in [2.05, 4.69) is 34.3 Å². The minimum absolute atomic E-state index is 0.0813. The van der Waals surface area contributed by atoms with Gasteiger partial charge in [-0.15, -0.1) is 0 Å². The molecule has 4 nitrogen and oxygen atoms in total. The zero-order valence-corrected chi connectivity index (χ0v) is 14.6. The lowest BCUT2D eigenvalue weighted by atomic mass is 10.1. The SMILES string of the molecule is CN(CC(=O)N1CCC(c2ccccc2)=N1)[C@H]1CCc2ccccc21. The Balaban J connectivity index is 1.42. The van der Waals surface area contributed by atoms with Crippen LogP contribution in [0.25, 0.3) is 0 Å². The number of hydrogen-bond acceptors (Lipinski definition) is 3. The first kappa shape index (κ1) is 16.0. The summed E-state index contributed by atoms with van der Waals surface area (Å²) < 4.78 is 0. The highest BCUT2D eigenvalue weighted by molar-refractivity contribution is 6.02. The van der Waals surface area contributed by atoms with Crippen molar-refractivity contribution >= 4 is 11.6 Å². The molecule has 1 heterocycles. The third kappa shape index (κ3) is 3.22. The van der Waals surface area contributed by atoms with Crippen LogP contribution in [0.2, 0.25) is 0 Å². The van der Waals surface area contributed by atoms with Gasteiger partial charge in [-0.2, -0.15) is 5.10 Å². The van der Waals surface area contributed by atoms with Gasteiger partial charge in [0.25, 0.3) is 5.91 Å². The molecule has 4 heteroatoms. The van der Waals surface area contributed by atoms with Crippen molar-refractivity contribution in [3.63, 3.8) is 0 Å². The summed E-state index contributed by atoms with van der Waals surface area (Å²) in [6.45, 7) is 1.09. The molecular weight excluding hydrogens is 310 g/mol. The zero-order chi connectivity index (χ0) is 17.2. The van der Waals surface area contributed by atoms with Crippen molar-refractivity contribution in [2.24, 2.45) is 5.10 Å². The van der Waals surface area contributed by atoms with E-state index < -0.39 is 0 Å². The van der Waals surface area contributed by atoms with E-state index in [1.165, 1.54) is 11.1 Å². The predicted molar refractivity (Wildman–Crippen MR) is 99.4 cm³/mol. The Morgan fingerprint density at radius 3 is 2.72 bits per heavy atom. The first-order valence-electron chi connectivity index (χ1n) is 8.93. The molecule has 2 aromatic carbocycles. The van der Waals surface area contributed by atoms with E-state index in [-0.39, 0.29) is 5.91 Å². The van der Waals surface area contributed by atoms with Gasteiger partial charge in [0.2, 0.25) is 0 Å². The second-order valence-corrected chi connectivity index (χ2v) is 6.85. The lowest BCUT2D eigenvalue weighted by Gasteiger charge is -2.25. The molecule has 1 atom stereocenters. The number of likely N-dealkylation sites (N-methyl/N-ethyl adjacent to an activating group) is 1. The molecule has 0 saturated heterocycles. The van der Waals surface area contributed by atoms with E-state index >= 15 is 0 Å². The Morgan fingerprint density at radius 2 is 1.88 bits per heavy atom. The lowest BCUT2D eigenvalue weighted by Crippen LogP contribution is -2.36. The van der Waals surface area contributed by atoms with Crippen LogP contribution in [0.5, 0.6) is 0 Å². The standard InChI is InChI=1S/C21H23N3O/c1-23(20-12-11-16-7-5-6-10-18(16)20)15-21(25)24-14-13-19(22-24)17-8-3-2-4-9-17/h2-10,20H,11-15H2,1H3/t20-/m0/s1. The second kappa shape index (κ2) is 6.81. The molecule has 0 aromatic heterocycles. The number of amides is 1. The van der Waals surface area contributed by atoms with Gasteiger partial charge in [0.1, 0.15) is 0 Å². The lowest BCUT2D eigenvalue weighted by molar-refractivity contribution is -0.132. The molecule has 1 amide bonds. The Morgan fingerprint density at radius 1 is 1.12 bits per heavy atom. The maximum Gasteiger partial charge on any atom is 0.256 e. The van der Waals surface area contributed by atoms with Gasteiger partial charge in [-0.3, -0.25) is 9.69 Å². The first-order valence-corrected chi connectivity index (χ1v) is 8.93. The molecule has 0 bridgehead atoms. The molecule has 0 spiro atoms. The highest BCUT2D eigenvalue weighted by Gasteiger charge is 2.29. The maximum atomic E-state index is 12.7. The molecule has 0 fully saturated rings. The third-order valence-electron chi connectivity index (χ3n) is 5.21. The van der Waals surface area contributed by atoms with Crippen LogP contribution in [-0.2, 0) is 11.2 Å². The number of hydrogen-bond donors (Lipinski definition) is 0. The van der Waals surface area contributed by atoms with E-state index in [1.54, 1.807) is 5.01 Å². The highest BCUT2D eigenvalue weighted by Crippen LogP contribution is 2.34. The van der Waals surface area contributed by atoms with Crippen LogP contribution in [0.4, 0.5) is 0 Å². The molecule has 1 aliphatic carbocycles. The molecule has 128 valence electrons. The first-order chi connectivity index (χ1) is 12.2. The van der Waals surface area contributed by atoms with Crippen molar-refractivity contribution in [2.45, 2.75) is 25.3 Å². The molecular formula is C21H23N3O. The van der Waals surface area contributed by atoms with Crippen LogP contribution < -0.4 is 0 Å². The van der Waals surface area contributed by atoms with Crippen molar-refractivity contribution in [3.8, 4) is 0 Å². The van der Waals surface area contributed by atoms with E-state index in [1.807, 2.05) is 37.4 Å². The fourth-order valence-electron chi connectivity index (χ4n) is 3.87. The predicted octanol–water partition coefficient (Wildman–Crippen LogP) is 3.24. The van der Waals surface area contributed by atoms with Crippen LogP contribution >= 0.6 is 0 Å². The van der Waals surface area contributed by atoms with Crippen molar-refractivity contribution in [3.05, 3.63) is 71.3 Å². The molecule has 2 aromatic rings. The van der Waals surface area contributed by atoms with Crippen LogP contribution in [0, 0.1) is 0 Å². The minimum atomic E-state index is 0.0813. The number of carbonyl (C=O) groups excluding carboxylic acids is 1. The van der Waals surface area contributed by atoms with Gasteiger partial charge in [0, 0.05) is 12.5 Å². The van der Waals surface area contributed by atoms with Crippen molar-refractivity contribution < 1.29 is 4.79 Å². The molecule has 1 aliphatic heterocycles. The molecule has 0 radical (unpaired) electrons. The second-order valence-electron chi connectivity index (χ2n) is 6.85. The number of nitrogens with zero attached hydrogens (tertiary/aromatic N) is 3. The molecule has 2 aliphatic rings. The zero-order valence-electron chi connectivity index (χ0n) is 14.6. The van der Waals surface area contributed by atoms with Crippen LogP contribution in [0.3, 0.4) is 0 Å². The summed E-state index contributed by atoms with van der Waals surface area (Å²) in [5, 5.41) is 6.19. The largest absolute Gasteiger partial charge is 0.290 e. The minimum Gasteiger partial charge on any atom is -0.290 e. The molecule has 25 heavy (non-hydrogen) atoms. The fraction of sp³-hybridized carbons (Fsp3) is 0.333. The number of aryl methyl sites for hydroxylation is 1. The summed E-state index contributed by atoms with van der Waals surface area (Å²) in [7, 11) is 2.04. The third-order valence-corrected chi connectivity index (χ3v) is 5.21. The average Bonchev–Trinajstić information content (AvgIpc) is 3.30. The van der Waals surface area contributed by atoms with Gasteiger partial charge in [-0.1, -0.05) is 54.6 Å². The topological polar surface area (TPSA) is 35.9 Å². The van der Waals surface area contributed by atoms with E-state index in [4.69, 9.17) is 0 Å². The van der Waals surface area contributed by atoms with Crippen LogP contribution in [0.1, 0.15) is 35.6 Å². The van der Waals surface area contributed by atoms with Crippen LogP contribution in [0.15, 0.2) is 59.7 Å². The fourth-order valence-corrected chi connectivity index (χ4v) is 3.87.